The van der Waals surface area contributed by atoms with E-state index in [1.165, 1.54) is 0 Å². The van der Waals surface area contributed by atoms with Gasteiger partial charge in [-0.1, -0.05) is 24.3 Å². The van der Waals surface area contributed by atoms with Gasteiger partial charge in [0.1, 0.15) is 46.1 Å². The molecule has 0 bridgehead atoms. The lowest BCUT2D eigenvalue weighted by atomic mass is 10.1. The molecule has 0 saturated carbocycles. The zero-order valence-electron chi connectivity index (χ0n) is 26.5. The van der Waals surface area contributed by atoms with Crippen molar-refractivity contribution < 1.29 is 18.9 Å². The number of ether oxygens (including phenoxy) is 4. The van der Waals surface area contributed by atoms with Crippen LogP contribution in [0.15, 0.2) is 134 Å². The van der Waals surface area contributed by atoms with Crippen LogP contribution >= 0.6 is 0 Å². The third kappa shape index (κ3) is 6.43. The van der Waals surface area contributed by atoms with Crippen LogP contribution in [-0.2, 0) is 0 Å². The Morgan fingerprint density at radius 3 is 1.33 bits per heavy atom. The average Bonchev–Trinajstić information content (AvgIpc) is 3.42. The molecule has 0 saturated heterocycles. The van der Waals surface area contributed by atoms with Gasteiger partial charge in [-0.25, -0.2) is 15.0 Å². The lowest BCUT2D eigenvalue weighted by Crippen LogP contribution is -2.06. The van der Waals surface area contributed by atoms with Gasteiger partial charge in [0.15, 0.2) is 0 Å². The van der Waals surface area contributed by atoms with Gasteiger partial charge in [-0.3, -0.25) is 4.57 Å². The molecular weight excluding hydrogens is 616 g/mol. The lowest BCUT2D eigenvalue weighted by Gasteiger charge is -2.11. The van der Waals surface area contributed by atoms with E-state index in [0.29, 0.717) is 63.9 Å². The van der Waals surface area contributed by atoms with Gasteiger partial charge in [0.2, 0.25) is 17.7 Å². The van der Waals surface area contributed by atoms with Crippen LogP contribution < -0.4 is 18.9 Å². The van der Waals surface area contributed by atoms with Crippen molar-refractivity contribution in [2.24, 2.45) is 0 Å². The number of aromatic nitrogens is 6. The molecule has 49 heavy (non-hydrogen) atoms. The van der Waals surface area contributed by atoms with E-state index in [2.05, 4.69) is 15.0 Å². The van der Waals surface area contributed by atoms with E-state index >= 15 is 0 Å². The highest BCUT2D eigenvalue weighted by Gasteiger charge is 2.18. The Balaban J connectivity index is 1.16. The van der Waals surface area contributed by atoms with E-state index in [9.17, 15) is 0 Å². The lowest BCUT2D eigenvalue weighted by molar-refractivity contribution is 0.448. The Hall–Kier alpha value is -6.81. The van der Waals surface area contributed by atoms with E-state index in [-0.39, 0.29) is 0 Å². The number of fused-ring (bicyclic) bond motifs is 3. The van der Waals surface area contributed by atoms with E-state index < -0.39 is 0 Å². The monoisotopic (exact) mass is 644 g/mol. The highest BCUT2D eigenvalue weighted by molar-refractivity contribution is 6.09. The van der Waals surface area contributed by atoms with Crippen molar-refractivity contribution in [2.75, 3.05) is 0 Å². The van der Waals surface area contributed by atoms with Crippen molar-refractivity contribution in [3.05, 3.63) is 145 Å². The molecule has 8 aromatic rings. The van der Waals surface area contributed by atoms with Gasteiger partial charge >= 0.3 is 0 Å². The minimum absolute atomic E-state index is 0.496. The predicted molar refractivity (Wildman–Crippen MR) is 185 cm³/mol. The van der Waals surface area contributed by atoms with Crippen molar-refractivity contribution in [1.29, 1.82) is 0 Å². The molecule has 4 aromatic heterocycles. The molecule has 4 heterocycles. The number of hydrogen-bond donors (Lipinski definition) is 0. The predicted octanol–water partition coefficient (Wildman–Crippen LogP) is 9.54. The Morgan fingerprint density at radius 1 is 0.429 bits per heavy atom. The molecule has 238 valence electrons. The largest absolute Gasteiger partial charge is 0.457 e. The Morgan fingerprint density at radius 2 is 0.878 bits per heavy atom. The van der Waals surface area contributed by atoms with Crippen LogP contribution in [-0.4, -0.2) is 29.5 Å². The van der Waals surface area contributed by atoms with E-state index in [1.54, 1.807) is 24.5 Å². The SMILES string of the molecule is Cc1nc(C)nc(-n2c3cc(Oc4cccc(Oc5ccccn5)c4)ccc3c3ccc(Oc4cccc(Oc5ccccn5)c4)cc32)n1. The molecular formula is C39H28N6O4. The molecule has 0 radical (unpaired) electrons. The van der Waals surface area contributed by atoms with Crippen molar-refractivity contribution >= 4 is 21.8 Å². The molecule has 0 fully saturated rings. The van der Waals surface area contributed by atoms with Gasteiger partial charge in [-0.2, -0.15) is 9.97 Å². The van der Waals surface area contributed by atoms with Gasteiger partial charge in [0.05, 0.1) is 11.0 Å². The van der Waals surface area contributed by atoms with Gasteiger partial charge in [-0.15, -0.1) is 0 Å². The van der Waals surface area contributed by atoms with Crippen LogP contribution in [0.3, 0.4) is 0 Å². The topological polar surface area (TPSA) is 106 Å². The maximum atomic E-state index is 6.35. The number of rotatable bonds is 9. The Labute approximate surface area is 281 Å². The normalized spacial score (nSPS) is 11.1. The summed E-state index contributed by atoms with van der Waals surface area (Å²) in [5.74, 6) is 6.47. The maximum Gasteiger partial charge on any atom is 0.238 e. The molecule has 8 rings (SSSR count). The molecule has 0 atom stereocenters. The Kier molecular flexibility index (Phi) is 7.71. The van der Waals surface area contributed by atoms with Crippen LogP contribution in [0.2, 0.25) is 0 Å². The van der Waals surface area contributed by atoms with Crippen LogP contribution in [0.25, 0.3) is 27.8 Å². The molecule has 10 nitrogen and oxygen atoms in total. The summed E-state index contributed by atoms with van der Waals surface area (Å²) in [7, 11) is 0. The fourth-order valence-electron chi connectivity index (χ4n) is 5.55. The highest BCUT2D eigenvalue weighted by Crippen LogP contribution is 2.38. The van der Waals surface area contributed by atoms with Gasteiger partial charge in [-0.05, 0) is 74.5 Å². The maximum absolute atomic E-state index is 6.35. The molecule has 0 unspecified atom stereocenters. The first-order valence-corrected chi connectivity index (χ1v) is 15.6. The van der Waals surface area contributed by atoms with Gasteiger partial charge < -0.3 is 18.9 Å². The van der Waals surface area contributed by atoms with Crippen molar-refractivity contribution in [3.63, 3.8) is 0 Å². The molecule has 0 spiro atoms. The highest BCUT2D eigenvalue weighted by atomic mass is 16.5. The summed E-state index contributed by atoms with van der Waals surface area (Å²) < 4.78 is 26.5. The number of hydrogen-bond acceptors (Lipinski definition) is 9. The van der Waals surface area contributed by atoms with Crippen LogP contribution in [0.5, 0.6) is 46.3 Å². The van der Waals surface area contributed by atoms with Crippen molar-refractivity contribution in [3.8, 4) is 52.2 Å². The number of pyridine rings is 2. The zero-order chi connectivity index (χ0) is 33.2. The van der Waals surface area contributed by atoms with E-state index in [1.807, 2.05) is 128 Å². The Bertz CT molecular complexity index is 2270. The number of nitrogens with zero attached hydrogens (tertiary/aromatic N) is 6. The minimum Gasteiger partial charge on any atom is -0.457 e. The van der Waals surface area contributed by atoms with Crippen LogP contribution in [0.4, 0.5) is 0 Å². The third-order valence-corrected chi connectivity index (χ3v) is 7.56. The molecule has 0 N–H and O–H groups in total. The summed E-state index contributed by atoms with van der Waals surface area (Å²) in [5, 5.41) is 2.00. The smallest absolute Gasteiger partial charge is 0.238 e. The fourth-order valence-corrected chi connectivity index (χ4v) is 5.55. The summed E-state index contributed by atoms with van der Waals surface area (Å²) in [6.45, 7) is 3.71. The average molecular weight is 645 g/mol. The number of benzene rings is 4. The first-order valence-electron chi connectivity index (χ1n) is 15.6. The summed E-state index contributed by atoms with van der Waals surface area (Å²) >= 11 is 0. The summed E-state index contributed by atoms with van der Waals surface area (Å²) in [4.78, 5) is 22.3. The molecule has 0 aliphatic carbocycles. The summed E-state index contributed by atoms with van der Waals surface area (Å²) in [6.07, 6.45) is 3.37. The summed E-state index contributed by atoms with van der Waals surface area (Å²) in [6, 6.07) is 37.8. The molecule has 4 aromatic carbocycles. The third-order valence-electron chi connectivity index (χ3n) is 7.56. The van der Waals surface area contributed by atoms with Crippen molar-refractivity contribution in [1.82, 2.24) is 29.5 Å². The van der Waals surface area contributed by atoms with E-state index in [4.69, 9.17) is 28.9 Å². The fraction of sp³-hybridized carbons (Fsp3) is 0.0513. The van der Waals surface area contributed by atoms with Gasteiger partial charge in [0, 0.05) is 59.6 Å². The zero-order valence-corrected chi connectivity index (χ0v) is 26.5. The first-order chi connectivity index (χ1) is 24.0. The van der Waals surface area contributed by atoms with Crippen LogP contribution in [0.1, 0.15) is 11.6 Å². The van der Waals surface area contributed by atoms with E-state index in [0.717, 1.165) is 21.8 Å². The quantitative estimate of drug-likeness (QED) is 0.152. The second-order valence-corrected chi connectivity index (χ2v) is 11.1. The minimum atomic E-state index is 0.496. The molecule has 10 heteroatoms. The van der Waals surface area contributed by atoms with Crippen LogP contribution in [0, 0.1) is 13.8 Å². The molecule has 0 aliphatic heterocycles. The first kappa shape index (κ1) is 29.6. The second kappa shape index (κ2) is 12.8. The number of aryl methyl sites for hydroxylation is 2. The second-order valence-electron chi connectivity index (χ2n) is 11.1. The van der Waals surface area contributed by atoms with Gasteiger partial charge in [0.25, 0.3) is 0 Å². The van der Waals surface area contributed by atoms with Crippen molar-refractivity contribution in [2.45, 2.75) is 13.8 Å². The summed E-state index contributed by atoms with van der Waals surface area (Å²) in [5.41, 5.74) is 1.72. The standard InChI is InChI=1S/C39H28N6O4/c1-25-42-26(2)44-39(43-25)45-35-23-31(46-27-9-7-11-29(21-27)48-37-13-3-5-19-40-37)15-17-33(35)34-18-16-32(24-36(34)45)47-28-10-8-12-30(22-28)49-38-14-4-6-20-41-38/h3-24H,1-2H3. The molecule has 0 aliphatic rings. The molecule has 0 amide bonds.